The Balaban J connectivity index is 2.69. The average Bonchev–Trinajstić information content (AvgIpc) is 2.37. The lowest BCUT2D eigenvalue weighted by molar-refractivity contribution is 0.191. The first kappa shape index (κ1) is 15.0. The molecule has 1 N–H and O–H groups in total. The van der Waals surface area contributed by atoms with Gasteiger partial charge in [-0.05, 0) is 11.7 Å². The first-order valence-electron chi connectivity index (χ1n) is 5.79. The fraction of sp³-hybridized carbons (Fsp3) is 0.667. The van der Waals surface area contributed by atoms with E-state index < -0.39 is 6.10 Å². The summed E-state index contributed by atoms with van der Waals surface area (Å²) in [4.78, 5) is 8.24. The van der Waals surface area contributed by atoms with Crippen molar-refractivity contribution >= 4 is 11.8 Å². The Morgan fingerprint density at radius 1 is 1.28 bits per heavy atom. The van der Waals surface area contributed by atoms with Gasteiger partial charge in [-0.15, -0.1) is 0 Å². The van der Waals surface area contributed by atoms with Crippen molar-refractivity contribution in [3.8, 4) is 11.8 Å². The fourth-order valence-corrected chi connectivity index (χ4v) is 2.33. The van der Waals surface area contributed by atoms with Crippen LogP contribution in [0.1, 0.15) is 25.6 Å². The Hall–Kier alpha value is -1.01. The average molecular weight is 272 g/mol. The highest BCUT2D eigenvalue weighted by atomic mass is 32.2. The van der Waals surface area contributed by atoms with Crippen LogP contribution in [0.5, 0.6) is 11.8 Å². The Morgan fingerprint density at radius 3 is 2.56 bits per heavy atom. The number of hydrogen-bond acceptors (Lipinski definition) is 6. The largest absolute Gasteiger partial charge is 0.480 e. The molecular weight excluding hydrogens is 252 g/mol. The Kier molecular flexibility index (Phi) is 6.21. The number of hydrogen-bond donors (Lipinski definition) is 1. The molecule has 1 atom stereocenters. The summed E-state index contributed by atoms with van der Waals surface area (Å²) in [6.45, 7) is 4.29. The van der Waals surface area contributed by atoms with Crippen molar-refractivity contribution in [2.24, 2.45) is 5.92 Å². The minimum absolute atomic E-state index is 0.312. The lowest BCUT2D eigenvalue weighted by Crippen LogP contribution is -2.09. The standard InChI is InChI=1S/C12H20N2O3S/c1-8(2)6-18-7-9(15)11-12(17-4)14-10(16-3)5-13-11/h5,8-9,15H,6-7H2,1-4H3. The number of ether oxygens (including phenoxy) is 2. The molecule has 5 nitrogen and oxygen atoms in total. The second-order valence-corrected chi connectivity index (χ2v) is 5.33. The molecular formula is C12H20N2O3S. The monoisotopic (exact) mass is 272 g/mol. The lowest BCUT2D eigenvalue weighted by Gasteiger charge is -2.13. The van der Waals surface area contributed by atoms with Crippen molar-refractivity contribution in [3.63, 3.8) is 0 Å². The van der Waals surface area contributed by atoms with Gasteiger partial charge in [-0.1, -0.05) is 13.8 Å². The zero-order valence-electron chi connectivity index (χ0n) is 11.2. The summed E-state index contributed by atoms with van der Waals surface area (Å²) >= 11 is 1.69. The summed E-state index contributed by atoms with van der Waals surface area (Å²) in [7, 11) is 3.01. The molecule has 102 valence electrons. The second kappa shape index (κ2) is 7.43. The van der Waals surface area contributed by atoms with E-state index in [-0.39, 0.29) is 0 Å². The molecule has 0 saturated carbocycles. The van der Waals surface area contributed by atoms with Crippen LogP contribution < -0.4 is 9.47 Å². The second-order valence-electron chi connectivity index (χ2n) is 4.25. The van der Waals surface area contributed by atoms with E-state index >= 15 is 0 Å². The molecule has 1 heterocycles. The van der Waals surface area contributed by atoms with E-state index in [2.05, 4.69) is 23.8 Å². The van der Waals surface area contributed by atoms with Crippen LogP contribution in [-0.2, 0) is 0 Å². The van der Waals surface area contributed by atoms with Gasteiger partial charge in [0, 0.05) is 5.75 Å². The fourth-order valence-electron chi connectivity index (χ4n) is 1.34. The van der Waals surface area contributed by atoms with Crippen LogP contribution in [0.3, 0.4) is 0 Å². The third-order valence-electron chi connectivity index (χ3n) is 2.19. The number of aromatic nitrogens is 2. The highest BCUT2D eigenvalue weighted by Crippen LogP contribution is 2.26. The third kappa shape index (κ3) is 4.34. The lowest BCUT2D eigenvalue weighted by atomic mass is 10.3. The van der Waals surface area contributed by atoms with Gasteiger partial charge in [-0.3, -0.25) is 0 Å². The number of aliphatic hydroxyl groups excluding tert-OH is 1. The van der Waals surface area contributed by atoms with Crippen LogP contribution in [0.2, 0.25) is 0 Å². The zero-order valence-corrected chi connectivity index (χ0v) is 12.0. The molecule has 1 rings (SSSR count). The molecule has 0 aliphatic rings. The number of methoxy groups -OCH3 is 2. The Bertz CT molecular complexity index is 374. The van der Waals surface area contributed by atoms with Gasteiger partial charge in [0.1, 0.15) is 11.8 Å². The summed E-state index contributed by atoms with van der Waals surface area (Å²) in [5.74, 6) is 2.87. The normalized spacial score (nSPS) is 12.6. The molecule has 6 heteroatoms. The van der Waals surface area contributed by atoms with Gasteiger partial charge in [0.15, 0.2) is 0 Å². The summed E-state index contributed by atoms with van der Waals surface area (Å²) in [6.07, 6.45) is 0.802. The quantitative estimate of drug-likeness (QED) is 0.818. The van der Waals surface area contributed by atoms with Crippen LogP contribution in [0.4, 0.5) is 0 Å². The zero-order chi connectivity index (χ0) is 13.5. The van der Waals surface area contributed by atoms with Gasteiger partial charge in [0.2, 0.25) is 11.8 Å². The summed E-state index contributed by atoms with van der Waals surface area (Å²) < 4.78 is 10.1. The van der Waals surface area contributed by atoms with Crippen molar-refractivity contribution in [2.45, 2.75) is 20.0 Å². The molecule has 0 aliphatic heterocycles. The Labute approximate surface area is 112 Å². The predicted octanol–water partition coefficient (Wildman–Crippen LogP) is 1.92. The van der Waals surface area contributed by atoms with Gasteiger partial charge in [0.25, 0.3) is 0 Å². The minimum Gasteiger partial charge on any atom is -0.480 e. The molecule has 0 radical (unpaired) electrons. The maximum atomic E-state index is 10.1. The number of nitrogens with zero attached hydrogens (tertiary/aromatic N) is 2. The first-order valence-corrected chi connectivity index (χ1v) is 6.94. The van der Waals surface area contributed by atoms with E-state index in [9.17, 15) is 5.11 Å². The smallest absolute Gasteiger partial charge is 0.241 e. The highest BCUT2D eigenvalue weighted by molar-refractivity contribution is 7.99. The van der Waals surface area contributed by atoms with E-state index in [0.717, 1.165) is 5.75 Å². The van der Waals surface area contributed by atoms with Crippen LogP contribution in [0, 0.1) is 5.92 Å². The van der Waals surface area contributed by atoms with Gasteiger partial charge < -0.3 is 14.6 Å². The molecule has 1 aromatic rings. The predicted molar refractivity (Wildman–Crippen MR) is 72.3 cm³/mol. The maximum Gasteiger partial charge on any atom is 0.241 e. The molecule has 0 aromatic carbocycles. The molecule has 1 aromatic heterocycles. The van der Waals surface area contributed by atoms with E-state index in [4.69, 9.17) is 9.47 Å². The van der Waals surface area contributed by atoms with E-state index in [0.29, 0.717) is 29.1 Å². The van der Waals surface area contributed by atoms with E-state index in [1.807, 2.05) is 0 Å². The Morgan fingerprint density at radius 2 is 2.00 bits per heavy atom. The van der Waals surface area contributed by atoms with Crippen molar-refractivity contribution in [1.82, 2.24) is 9.97 Å². The summed E-state index contributed by atoms with van der Waals surface area (Å²) in [6, 6.07) is 0. The summed E-state index contributed by atoms with van der Waals surface area (Å²) in [5, 5.41) is 10.1. The van der Waals surface area contributed by atoms with Crippen molar-refractivity contribution in [1.29, 1.82) is 0 Å². The van der Waals surface area contributed by atoms with Crippen LogP contribution in [0.25, 0.3) is 0 Å². The number of rotatable bonds is 7. The van der Waals surface area contributed by atoms with Gasteiger partial charge in [-0.25, -0.2) is 4.98 Å². The van der Waals surface area contributed by atoms with E-state index in [1.165, 1.54) is 20.4 Å². The first-order chi connectivity index (χ1) is 8.58. The van der Waals surface area contributed by atoms with Crippen molar-refractivity contribution in [2.75, 3.05) is 25.7 Å². The molecule has 0 spiro atoms. The minimum atomic E-state index is -0.679. The molecule has 1 unspecified atom stereocenters. The van der Waals surface area contributed by atoms with E-state index in [1.54, 1.807) is 11.8 Å². The number of aliphatic hydroxyl groups is 1. The highest BCUT2D eigenvalue weighted by Gasteiger charge is 2.17. The van der Waals surface area contributed by atoms with Crippen LogP contribution in [0.15, 0.2) is 6.20 Å². The molecule has 0 amide bonds. The molecule has 0 fully saturated rings. The molecule has 0 aliphatic carbocycles. The van der Waals surface area contributed by atoms with Gasteiger partial charge in [0.05, 0.1) is 20.4 Å². The molecule has 0 saturated heterocycles. The van der Waals surface area contributed by atoms with Gasteiger partial charge in [-0.2, -0.15) is 16.7 Å². The van der Waals surface area contributed by atoms with Crippen LogP contribution >= 0.6 is 11.8 Å². The third-order valence-corrected chi connectivity index (χ3v) is 3.64. The topological polar surface area (TPSA) is 64.5 Å². The maximum absolute atomic E-state index is 10.1. The number of thioether (sulfide) groups is 1. The van der Waals surface area contributed by atoms with Crippen LogP contribution in [-0.4, -0.2) is 40.8 Å². The van der Waals surface area contributed by atoms with Gasteiger partial charge >= 0.3 is 0 Å². The SMILES string of the molecule is COc1cnc(C(O)CSCC(C)C)c(OC)n1. The molecule has 18 heavy (non-hydrogen) atoms. The summed E-state index contributed by atoms with van der Waals surface area (Å²) in [5.41, 5.74) is 0.453. The van der Waals surface area contributed by atoms with Crippen molar-refractivity contribution < 1.29 is 14.6 Å². The van der Waals surface area contributed by atoms with Crippen molar-refractivity contribution in [3.05, 3.63) is 11.9 Å². The molecule has 0 bridgehead atoms.